The molecule has 0 N–H and O–H groups in total. The number of nitrogens with zero attached hydrogens (tertiary/aromatic N) is 3. The molecule has 3 aliphatic rings. The van der Waals surface area contributed by atoms with Gasteiger partial charge in [0.2, 0.25) is 0 Å². The van der Waals surface area contributed by atoms with Crippen molar-refractivity contribution in [3.05, 3.63) is 137 Å². The number of allylic oxidation sites excluding steroid dienone is 9. The van der Waals surface area contributed by atoms with Crippen LogP contribution in [0.5, 0.6) is 0 Å². The summed E-state index contributed by atoms with van der Waals surface area (Å²) in [5.41, 5.74) is 11.8. The molecule has 3 aliphatic carbocycles. The van der Waals surface area contributed by atoms with E-state index in [1.807, 2.05) is 30.4 Å². The topological polar surface area (TPSA) is 78.8 Å². The first-order valence-electron chi connectivity index (χ1n) is 16.9. The fraction of sp³-hybridized carbons (Fsp3) is 0.136. The minimum Gasteiger partial charge on any atom is -0.456 e. The quantitative estimate of drug-likeness (QED) is 0.194. The highest BCUT2D eigenvalue weighted by Gasteiger charge is 2.32. The second kappa shape index (κ2) is 10.6. The molecule has 0 aliphatic heterocycles. The molecular weight excluding hydrogens is 603 g/mol. The number of aromatic nitrogens is 1. The first kappa shape index (κ1) is 27.8. The van der Waals surface area contributed by atoms with Crippen molar-refractivity contribution in [3.63, 3.8) is 0 Å². The highest BCUT2D eigenvalue weighted by molar-refractivity contribution is 6.15. The molecule has 0 radical (unpaired) electrons. The van der Waals surface area contributed by atoms with E-state index in [0.29, 0.717) is 0 Å². The number of hydrogen-bond donors (Lipinski definition) is 0. The van der Waals surface area contributed by atoms with Gasteiger partial charge in [-0.3, -0.25) is 0 Å². The largest absolute Gasteiger partial charge is 0.456 e. The van der Waals surface area contributed by atoms with Crippen LogP contribution in [0.4, 0.5) is 0 Å². The maximum absolute atomic E-state index is 10.5. The Labute approximate surface area is 282 Å². The summed E-state index contributed by atoms with van der Waals surface area (Å²) in [7, 11) is 0. The third-order valence-corrected chi connectivity index (χ3v) is 10.5. The summed E-state index contributed by atoms with van der Waals surface area (Å²) in [4.78, 5) is 0. The Balaban J connectivity index is 1.12. The van der Waals surface area contributed by atoms with Gasteiger partial charge in [0, 0.05) is 43.7 Å². The molecule has 3 aromatic heterocycles. The Morgan fingerprint density at radius 3 is 2.20 bits per heavy atom. The zero-order chi connectivity index (χ0) is 32.6. The minimum atomic E-state index is -0.313. The van der Waals surface area contributed by atoms with Crippen molar-refractivity contribution in [1.29, 1.82) is 10.5 Å². The lowest BCUT2D eigenvalue weighted by molar-refractivity contribution is 0.541. The van der Waals surface area contributed by atoms with Crippen molar-refractivity contribution in [2.75, 3.05) is 0 Å². The van der Waals surface area contributed by atoms with E-state index in [0.717, 1.165) is 103 Å². The van der Waals surface area contributed by atoms with Crippen LogP contribution in [0.1, 0.15) is 47.7 Å². The maximum atomic E-state index is 10.5. The first-order valence-corrected chi connectivity index (χ1v) is 16.9. The number of nitriles is 2. The highest BCUT2D eigenvalue weighted by atomic mass is 16.3. The van der Waals surface area contributed by atoms with Gasteiger partial charge in [-0.05, 0) is 90.4 Å². The Morgan fingerprint density at radius 2 is 1.43 bits per heavy atom. The lowest BCUT2D eigenvalue weighted by Crippen LogP contribution is -2.23. The van der Waals surface area contributed by atoms with Crippen molar-refractivity contribution in [2.45, 2.75) is 31.7 Å². The molecule has 10 rings (SSSR count). The highest BCUT2D eigenvalue weighted by Crippen LogP contribution is 2.45. The predicted molar refractivity (Wildman–Crippen MR) is 196 cm³/mol. The number of benzene rings is 4. The Hall–Kier alpha value is -6.30. The van der Waals surface area contributed by atoms with E-state index in [-0.39, 0.29) is 12.0 Å². The number of furan rings is 2. The normalized spacial score (nSPS) is 18.9. The van der Waals surface area contributed by atoms with E-state index >= 15 is 0 Å². The van der Waals surface area contributed by atoms with Gasteiger partial charge in [0.25, 0.3) is 0 Å². The minimum absolute atomic E-state index is 0.169. The van der Waals surface area contributed by atoms with Crippen LogP contribution in [0.15, 0.2) is 124 Å². The summed E-state index contributed by atoms with van der Waals surface area (Å²) >= 11 is 0. The summed E-state index contributed by atoms with van der Waals surface area (Å²) in [5, 5.41) is 25.4. The third-order valence-electron chi connectivity index (χ3n) is 10.5. The number of hydrogen-bond acceptors (Lipinski definition) is 4. The van der Waals surface area contributed by atoms with Gasteiger partial charge in [-0.2, -0.15) is 10.5 Å². The molecule has 0 bridgehead atoms. The van der Waals surface area contributed by atoms with E-state index in [1.165, 1.54) is 16.6 Å². The van der Waals surface area contributed by atoms with Crippen LogP contribution in [-0.2, 0) is 6.42 Å². The Bertz CT molecular complexity index is 2810. The molecule has 0 spiro atoms. The predicted octanol–water partition coefficient (Wildman–Crippen LogP) is 11.4. The van der Waals surface area contributed by atoms with Crippen LogP contribution < -0.4 is 0 Å². The molecule has 0 saturated carbocycles. The van der Waals surface area contributed by atoms with Gasteiger partial charge in [0.15, 0.2) is 0 Å². The van der Waals surface area contributed by atoms with Crippen LogP contribution in [0.25, 0.3) is 72.0 Å². The van der Waals surface area contributed by atoms with E-state index < -0.39 is 0 Å². The summed E-state index contributed by atoms with van der Waals surface area (Å²) < 4.78 is 15.3. The molecular formula is C44H29N3O2. The lowest BCUT2D eigenvalue weighted by atomic mass is 9.84. The fourth-order valence-electron chi connectivity index (χ4n) is 8.33. The van der Waals surface area contributed by atoms with Gasteiger partial charge in [-0.1, -0.05) is 72.9 Å². The third kappa shape index (κ3) is 4.09. The Morgan fingerprint density at radius 1 is 0.714 bits per heavy atom. The lowest BCUT2D eigenvalue weighted by Gasteiger charge is -2.30. The van der Waals surface area contributed by atoms with Gasteiger partial charge in [-0.25, -0.2) is 0 Å². The van der Waals surface area contributed by atoms with Gasteiger partial charge in [0.05, 0.1) is 29.7 Å². The number of para-hydroxylation sites is 1. The smallest absolute Gasteiger partial charge is 0.136 e. The molecule has 3 heterocycles. The summed E-state index contributed by atoms with van der Waals surface area (Å²) in [6, 6.07) is 30.1. The van der Waals surface area contributed by atoms with Crippen molar-refractivity contribution in [3.8, 4) is 12.1 Å². The average Bonchev–Trinajstić information content (AvgIpc) is 3.81. The molecule has 232 valence electrons. The maximum Gasteiger partial charge on any atom is 0.136 e. The van der Waals surface area contributed by atoms with Gasteiger partial charge in [0.1, 0.15) is 22.3 Å². The Kier molecular flexibility index (Phi) is 6.01. The second-order valence-corrected chi connectivity index (χ2v) is 13.2. The van der Waals surface area contributed by atoms with Crippen molar-refractivity contribution in [2.24, 2.45) is 5.92 Å². The zero-order valence-electron chi connectivity index (χ0n) is 26.6. The molecule has 0 saturated heterocycles. The summed E-state index contributed by atoms with van der Waals surface area (Å²) in [5.74, 6) is -0.313. The van der Waals surface area contributed by atoms with Crippen molar-refractivity contribution >= 4 is 72.0 Å². The van der Waals surface area contributed by atoms with Gasteiger partial charge in [-0.15, -0.1) is 0 Å². The summed E-state index contributed by atoms with van der Waals surface area (Å²) in [6.45, 7) is 0. The van der Waals surface area contributed by atoms with Crippen molar-refractivity contribution < 1.29 is 8.83 Å². The SMILES string of the molecule is N#CC1=CCCC=C1c1ccc2oc3cc4c(cc3c2c1)oc1ccc(C2=CC=CC(C#N)C2n2c3c(c5ccccc52)C=CCC3)cc14. The molecule has 5 nitrogen and oxygen atoms in total. The molecule has 4 aromatic carbocycles. The van der Waals surface area contributed by atoms with Gasteiger partial charge >= 0.3 is 0 Å². The molecule has 0 amide bonds. The van der Waals surface area contributed by atoms with Crippen LogP contribution in [-0.4, -0.2) is 4.57 Å². The molecule has 2 unspecified atom stereocenters. The van der Waals surface area contributed by atoms with Crippen molar-refractivity contribution in [1.82, 2.24) is 4.57 Å². The number of rotatable bonds is 3. The van der Waals surface area contributed by atoms with E-state index in [4.69, 9.17) is 8.83 Å². The molecule has 0 fully saturated rings. The van der Waals surface area contributed by atoms with Crippen LogP contribution in [0, 0.1) is 28.6 Å². The zero-order valence-corrected chi connectivity index (χ0v) is 26.6. The molecule has 49 heavy (non-hydrogen) atoms. The van der Waals surface area contributed by atoms with Crippen LogP contribution in [0.2, 0.25) is 0 Å². The van der Waals surface area contributed by atoms with Crippen LogP contribution >= 0.6 is 0 Å². The fourth-order valence-corrected chi connectivity index (χ4v) is 8.33. The number of fused-ring (bicyclic) bond motifs is 9. The van der Waals surface area contributed by atoms with E-state index in [2.05, 4.69) is 102 Å². The second-order valence-electron chi connectivity index (χ2n) is 13.2. The molecule has 2 atom stereocenters. The standard InChI is InChI=1S/C44H29N3O2/c45-24-28-8-1-2-10-30(28)26-16-18-40-34(20-26)36-22-43-37(23-42(36)48-40)35-21-27(17-19-41(35)49-43)31-13-7-9-29(25-46)44(31)47-38-14-5-3-11-32(38)33-12-4-6-15-39(33)47/h3-5,7-14,16-23,29,44H,1-2,6,15H2. The van der Waals surface area contributed by atoms with Gasteiger partial charge < -0.3 is 13.4 Å². The molecule has 7 aromatic rings. The monoisotopic (exact) mass is 631 g/mol. The summed E-state index contributed by atoms with van der Waals surface area (Å²) in [6.07, 6.45) is 18.7. The first-order chi connectivity index (χ1) is 24.2. The average molecular weight is 632 g/mol. The molecule has 5 heteroatoms. The van der Waals surface area contributed by atoms with E-state index in [1.54, 1.807) is 0 Å². The van der Waals surface area contributed by atoms with E-state index in [9.17, 15) is 10.5 Å². The van der Waals surface area contributed by atoms with Crippen LogP contribution in [0.3, 0.4) is 0 Å².